The second kappa shape index (κ2) is 4.76. The highest BCUT2D eigenvalue weighted by atomic mass is 32.1. The number of nitrogens with zero attached hydrogens (tertiary/aromatic N) is 3. The van der Waals surface area contributed by atoms with Gasteiger partial charge < -0.3 is 5.73 Å². The van der Waals surface area contributed by atoms with Gasteiger partial charge in [0.15, 0.2) is 4.96 Å². The highest BCUT2D eigenvalue weighted by Crippen LogP contribution is 2.16. The fraction of sp³-hybridized carbons (Fsp3) is 0.583. The van der Waals surface area contributed by atoms with Crippen LogP contribution in [0.2, 0.25) is 0 Å². The van der Waals surface area contributed by atoms with E-state index in [4.69, 9.17) is 5.73 Å². The maximum absolute atomic E-state index is 5.75. The summed E-state index contributed by atoms with van der Waals surface area (Å²) >= 11 is 1.67. The Kier molecular flexibility index (Phi) is 3.51. The molecule has 0 saturated heterocycles. The van der Waals surface area contributed by atoms with Crippen molar-refractivity contribution >= 4 is 16.3 Å². The Bertz CT molecular complexity index is 457. The summed E-state index contributed by atoms with van der Waals surface area (Å²) in [5, 5.41) is 2.05. The first-order chi connectivity index (χ1) is 8.00. The average molecular weight is 252 g/mol. The van der Waals surface area contributed by atoms with Gasteiger partial charge >= 0.3 is 0 Å². The minimum Gasteiger partial charge on any atom is -0.330 e. The highest BCUT2D eigenvalue weighted by Gasteiger charge is 2.18. The van der Waals surface area contributed by atoms with E-state index in [1.807, 2.05) is 11.6 Å². The SMILES string of the molecule is CN(Cc1cn2ccsc2n1)CC(C)(C)CN. The molecule has 0 aromatic carbocycles. The molecule has 0 bridgehead atoms. The lowest BCUT2D eigenvalue weighted by molar-refractivity contribution is 0.208. The first kappa shape index (κ1) is 12.5. The van der Waals surface area contributed by atoms with Crippen LogP contribution in [0.25, 0.3) is 4.96 Å². The number of thiazole rings is 1. The molecule has 94 valence electrons. The van der Waals surface area contributed by atoms with Gasteiger partial charge in [-0.15, -0.1) is 11.3 Å². The van der Waals surface area contributed by atoms with Crippen LogP contribution < -0.4 is 5.73 Å². The molecule has 2 heterocycles. The monoisotopic (exact) mass is 252 g/mol. The Morgan fingerprint density at radius 2 is 2.29 bits per heavy atom. The number of aromatic nitrogens is 2. The van der Waals surface area contributed by atoms with E-state index in [1.165, 1.54) is 0 Å². The summed E-state index contributed by atoms with van der Waals surface area (Å²) in [6.45, 7) is 6.94. The zero-order chi connectivity index (χ0) is 12.5. The number of nitrogens with two attached hydrogens (primary N) is 1. The summed E-state index contributed by atoms with van der Waals surface area (Å²) in [4.78, 5) is 7.92. The molecule has 0 unspecified atom stereocenters. The topological polar surface area (TPSA) is 46.6 Å². The molecule has 2 N–H and O–H groups in total. The van der Waals surface area contributed by atoms with Crippen LogP contribution in [0.3, 0.4) is 0 Å². The lowest BCUT2D eigenvalue weighted by atomic mass is 9.93. The van der Waals surface area contributed by atoms with Gasteiger partial charge in [-0.1, -0.05) is 13.8 Å². The lowest BCUT2D eigenvalue weighted by Gasteiger charge is -2.28. The summed E-state index contributed by atoms with van der Waals surface area (Å²) in [5.74, 6) is 0. The number of hydrogen-bond donors (Lipinski definition) is 1. The van der Waals surface area contributed by atoms with Crippen LogP contribution in [0, 0.1) is 5.41 Å². The van der Waals surface area contributed by atoms with E-state index in [0.29, 0.717) is 6.54 Å². The van der Waals surface area contributed by atoms with Crippen molar-refractivity contribution in [3.05, 3.63) is 23.5 Å². The number of imidazole rings is 1. The fourth-order valence-electron chi connectivity index (χ4n) is 1.98. The molecule has 2 aromatic rings. The molecule has 0 atom stereocenters. The summed E-state index contributed by atoms with van der Waals surface area (Å²) in [6, 6.07) is 0. The number of hydrogen-bond acceptors (Lipinski definition) is 4. The zero-order valence-electron chi connectivity index (χ0n) is 10.7. The van der Waals surface area contributed by atoms with Gasteiger partial charge in [0.05, 0.1) is 5.69 Å². The molecule has 5 heteroatoms. The molecule has 0 amide bonds. The minimum atomic E-state index is 0.159. The van der Waals surface area contributed by atoms with Gasteiger partial charge in [0.1, 0.15) is 0 Å². The van der Waals surface area contributed by atoms with Crippen LogP contribution in [0.4, 0.5) is 0 Å². The fourth-order valence-corrected chi connectivity index (χ4v) is 2.70. The molecular formula is C12H20N4S. The molecular weight excluding hydrogens is 232 g/mol. The molecule has 0 saturated carbocycles. The second-order valence-electron chi connectivity index (χ2n) is 5.37. The van der Waals surface area contributed by atoms with Crippen LogP contribution in [-0.4, -0.2) is 34.4 Å². The normalized spacial score (nSPS) is 12.8. The summed E-state index contributed by atoms with van der Waals surface area (Å²) < 4.78 is 2.07. The second-order valence-corrected chi connectivity index (χ2v) is 6.24. The first-order valence-electron chi connectivity index (χ1n) is 5.80. The van der Waals surface area contributed by atoms with Crippen molar-refractivity contribution in [3.63, 3.8) is 0 Å². The highest BCUT2D eigenvalue weighted by molar-refractivity contribution is 7.15. The summed E-state index contributed by atoms with van der Waals surface area (Å²) in [6.07, 6.45) is 4.14. The first-order valence-corrected chi connectivity index (χ1v) is 6.68. The average Bonchev–Trinajstić information content (AvgIpc) is 2.76. The van der Waals surface area contributed by atoms with E-state index < -0.39 is 0 Å². The van der Waals surface area contributed by atoms with Crippen LogP contribution in [0.5, 0.6) is 0 Å². The van der Waals surface area contributed by atoms with Crippen molar-refractivity contribution in [1.29, 1.82) is 0 Å². The Morgan fingerprint density at radius 1 is 1.53 bits per heavy atom. The van der Waals surface area contributed by atoms with Crippen molar-refractivity contribution in [2.45, 2.75) is 20.4 Å². The van der Waals surface area contributed by atoms with Crippen LogP contribution >= 0.6 is 11.3 Å². The Hall–Kier alpha value is -0.910. The quantitative estimate of drug-likeness (QED) is 0.883. The van der Waals surface area contributed by atoms with Crippen molar-refractivity contribution in [2.24, 2.45) is 11.1 Å². The summed E-state index contributed by atoms with van der Waals surface area (Å²) in [5.41, 5.74) is 7.02. The molecule has 0 aliphatic rings. The van der Waals surface area contributed by atoms with Crippen molar-refractivity contribution in [3.8, 4) is 0 Å². The third-order valence-electron chi connectivity index (χ3n) is 2.83. The molecule has 0 aliphatic heterocycles. The van der Waals surface area contributed by atoms with Crippen molar-refractivity contribution in [2.75, 3.05) is 20.1 Å². The lowest BCUT2D eigenvalue weighted by Crippen LogP contribution is -2.36. The van der Waals surface area contributed by atoms with Gasteiger partial charge in [0.2, 0.25) is 0 Å². The van der Waals surface area contributed by atoms with E-state index in [0.717, 1.165) is 23.7 Å². The predicted octanol–water partition coefficient (Wildman–Crippen LogP) is 1.81. The standard InChI is InChI=1S/C12H20N4S/c1-12(2,8-13)9-15(3)6-10-7-16-4-5-17-11(16)14-10/h4-5,7H,6,8-9,13H2,1-3H3. The molecule has 4 nitrogen and oxygen atoms in total. The number of fused-ring (bicyclic) bond motifs is 1. The van der Waals surface area contributed by atoms with Crippen molar-refractivity contribution < 1.29 is 0 Å². The van der Waals surface area contributed by atoms with E-state index in [2.05, 4.69) is 41.4 Å². The third kappa shape index (κ3) is 3.06. The molecule has 0 spiro atoms. The molecule has 17 heavy (non-hydrogen) atoms. The van der Waals surface area contributed by atoms with E-state index >= 15 is 0 Å². The van der Waals surface area contributed by atoms with E-state index in [1.54, 1.807) is 11.3 Å². The van der Waals surface area contributed by atoms with Gasteiger partial charge in [0.25, 0.3) is 0 Å². The van der Waals surface area contributed by atoms with Gasteiger partial charge in [0, 0.05) is 30.9 Å². The van der Waals surface area contributed by atoms with Gasteiger partial charge in [-0.25, -0.2) is 4.98 Å². The largest absolute Gasteiger partial charge is 0.330 e. The Balaban J connectivity index is 1.99. The molecule has 2 aromatic heterocycles. The van der Waals surface area contributed by atoms with E-state index in [9.17, 15) is 0 Å². The zero-order valence-corrected chi connectivity index (χ0v) is 11.5. The Morgan fingerprint density at radius 3 is 2.94 bits per heavy atom. The van der Waals surface area contributed by atoms with Gasteiger partial charge in [-0.05, 0) is 19.0 Å². The number of rotatable bonds is 5. The molecule has 0 fully saturated rings. The third-order valence-corrected chi connectivity index (χ3v) is 3.60. The van der Waals surface area contributed by atoms with Gasteiger partial charge in [-0.3, -0.25) is 9.30 Å². The molecule has 0 aliphatic carbocycles. The van der Waals surface area contributed by atoms with Crippen LogP contribution in [-0.2, 0) is 6.54 Å². The molecule has 2 rings (SSSR count). The molecule has 0 radical (unpaired) electrons. The van der Waals surface area contributed by atoms with Crippen LogP contribution in [0.15, 0.2) is 17.8 Å². The smallest absolute Gasteiger partial charge is 0.193 e. The van der Waals surface area contributed by atoms with Gasteiger partial charge in [-0.2, -0.15) is 0 Å². The summed E-state index contributed by atoms with van der Waals surface area (Å²) in [7, 11) is 2.12. The predicted molar refractivity (Wildman–Crippen MR) is 72.2 cm³/mol. The maximum atomic E-state index is 5.75. The Labute approximate surface area is 106 Å². The maximum Gasteiger partial charge on any atom is 0.193 e. The van der Waals surface area contributed by atoms with E-state index in [-0.39, 0.29) is 5.41 Å². The van der Waals surface area contributed by atoms with Crippen LogP contribution in [0.1, 0.15) is 19.5 Å². The minimum absolute atomic E-state index is 0.159. The van der Waals surface area contributed by atoms with Crippen molar-refractivity contribution in [1.82, 2.24) is 14.3 Å².